The second kappa shape index (κ2) is 2.73. The van der Waals surface area contributed by atoms with Crippen LogP contribution in [0, 0.1) is 0 Å². The Balaban J connectivity index is 2.25. The molecule has 0 amide bonds. The zero-order valence-corrected chi connectivity index (χ0v) is 8.36. The lowest BCUT2D eigenvalue weighted by Crippen LogP contribution is -2.04. The van der Waals surface area contributed by atoms with Crippen LogP contribution in [0.2, 0.25) is 0 Å². The van der Waals surface area contributed by atoms with Crippen molar-refractivity contribution >= 4 is 11.1 Å². The number of aromatic nitrogens is 1. The van der Waals surface area contributed by atoms with Crippen LogP contribution in [0.4, 0.5) is 0 Å². The number of hydrogen-bond acceptors (Lipinski definition) is 4. The van der Waals surface area contributed by atoms with E-state index in [9.17, 15) is 5.11 Å². The van der Waals surface area contributed by atoms with Gasteiger partial charge in [0.25, 0.3) is 0 Å². The fraction of sp³-hybridized carbons (Fsp3) is 0.364. The molecule has 1 N–H and O–H groups in total. The molecule has 0 atom stereocenters. The van der Waals surface area contributed by atoms with Gasteiger partial charge < -0.3 is 14.3 Å². The molecule has 1 aromatic heterocycles. The largest absolute Gasteiger partial charge is 0.453 e. The molecule has 2 aromatic rings. The number of methoxy groups -OCH3 is 1. The Labute approximate surface area is 86.5 Å². The summed E-state index contributed by atoms with van der Waals surface area (Å²) < 4.78 is 10.3. The van der Waals surface area contributed by atoms with Crippen molar-refractivity contribution < 1.29 is 14.3 Å². The van der Waals surface area contributed by atoms with Crippen molar-refractivity contribution in [3.05, 3.63) is 23.8 Å². The zero-order chi connectivity index (χ0) is 10.5. The molecule has 1 fully saturated rings. The van der Waals surface area contributed by atoms with E-state index in [0.717, 1.165) is 18.4 Å². The van der Waals surface area contributed by atoms with Gasteiger partial charge in [-0.05, 0) is 18.9 Å². The number of para-hydroxylation sites is 1. The number of oxazole rings is 1. The minimum Gasteiger partial charge on any atom is -0.453 e. The predicted octanol–water partition coefficient (Wildman–Crippen LogP) is 1.82. The number of aliphatic hydroxyl groups is 1. The molecular formula is C11H11NO3. The van der Waals surface area contributed by atoms with Crippen LogP contribution in [0.1, 0.15) is 18.4 Å². The lowest BCUT2D eigenvalue weighted by molar-refractivity contribution is 0.153. The minimum absolute atomic E-state index is 0.238. The molecule has 0 spiro atoms. The molecule has 0 saturated heterocycles. The van der Waals surface area contributed by atoms with Crippen molar-refractivity contribution in [3.63, 3.8) is 0 Å². The summed E-state index contributed by atoms with van der Waals surface area (Å²) in [5, 5.41) is 10.1. The summed E-state index contributed by atoms with van der Waals surface area (Å²) in [6.45, 7) is 0. The van der Waals surface area contributed by atoms with Crippen LogP contribution in [-0.2, 0) is 5.60 Å². The molecule has 78 valence electrons. The highest BCUT2D eigenvalue weighted by atomic mass is 16.6. The van der Waals surface area contributed by atoms with Crippen LogP contribution in [0.3, 0.4) is 0 Å². The number of ether oxygens (including phenoxy) is 1. The van der Waals surface area contributed by atoms with Crippen LogP contribution < -0.4 is 4.74 Å². The highest BCUT2D eigenvalue weighted by Crippen LogP contribution is 2.47. The number of benzene rings is 1. The molecule has 15 heavy (non-hydrogen) atoms. The summed E-state index contributed by atoms with van der Waals surface area (Å²) >= 11 is 0. The molecular weight excluding hydrogens is 194 g/mol. The van der Waals surface area contributed by atoms with Crippen LogP contribution in [-0.4, -0.2) is 17.2 Å². The van der Waals surface area contributed by atoms with Gasteiger partial charge in [0.05, 0.1) is 12.7 Å². The van der Waals surface area contributed by atoms with Crippen LogP contribution in [0.5, 0.6) is 6.08 Å². The Morgan fingerprint density at radius 3 is 2.93 bits per heavy atom. The molecule has 1 heterocycles. The van der Waals surface area contributed by atoms with E-state index in [-0.39, 0.29) is 6.08 Å². The van der Waals surface area contributed by atoms with Crippen molar-refractivity contribution in [1.29, 1.82) is 0 Å². The van der Waals surface area contributed by atoms with Crippen LogP contribution in [0.25, 0.3) is 11.1 Å². The zero-order valence-electron chi connectivity index (χ0n) is 8.36. The summed E-state index contributed by atoms with van der Waals surface area (Å²) in [4.78, 5) is 4.19. The predicted molar refractivity (Wildman–Crippen MR) is 53.7 cm³/mol. The molecule has 0 bridgehead atoms. The van der Waals surface area contributed by atoms with Crippen molar-refractivity contribution in [2.24, 2.45) is 0 Å². The number of fused-ring (bicyclic) bond motifs is 1. The molecule has 1 aromatic carbocycles. The Bertz CT molecular complexity index is 514. The van der Waals surface area contributed by atoms with Gasteiger partial charge in [-0.25, -0.2) is 0 Å². The van der Waals surface area contributed by atoms with Crippen molar-refractivity contribution in [1.82, 2.24) is 4.98 Å². The second-order valence-corrected chi connectivity index (χ2v) is 3.87. The first-order valence-corrected chi connectivity index (χ1v) is 4.89. The number of rotatable bonds is 2. The van der Waals surface area contributed by atoms with E-state index in [4.69, 9.17) is 9.15 Å². The fourth-order valence-electron chi connectivity index (χ4n) is 1.78. The topological polar surface area (TPSA) is 55.5 Å². The van der Waals surface area contributed by atoms with E-state index in [1.165, 1.54) is 7.11 Å². The van der Waals surface area contributed by atoms with Gasteiger partial charge in [0.2, 0.25) is 0 Å². The Morgan fingerprint density at radius 1 is 1.47 bits per heavy atom. The summed E-state index contributed by atoms with van der Waals surface area (Å²) in [6.07, 6.45) is 1.82. The number of nitrogens with zero attached hydrogens (tertiary/aromatic N) is 1. The van der Waals surface area contributed by atoms with Crippen molar-refractivity contribution in [3.8, 4) is 6.08 Å². The van der Waals surface area contributed by atoms with E-state index >= 15 is 0 Å². The maximum absolute atomic E-state index is 10.1. The SMILES string of the molecule is COc1nc2c(C3(O)CC3)cccc2o1. The van der Waals surface area contributed by atoms with Gasteiger partial charge in [-0.15, -0.1) is 0 Å². The van der Waals surface area contributed by atoms with Crippen molar-refractivity contribution in [2.75, 3.05) is 7.11 Å². The van der Waals surface area contributed by atoms with Crippen molar-refractivity contribution in [2.45, 2.75) is 18.4 Å². The van der Waals surface area contributed by atoms with Gasteiger partial charge in [-0.1, -0.05) is 12.1 Å². The minimum atomic E-state index is -0.693. The average Bonchev–Trinajstić information content (AvgIpc) is 2.85. The Morgan fingerprint density at radius 2 is 2.27 bits per heavy atom. The monoisotopic (exact) mass is 205 g/mol. The molecule has 4 nitrogen and oxygen atoms in total. The molecule has 0 unspecified atom stereocenters. The van der Waals surface area contributed by atoms with E-state index in [0.29, 0.717) is 11.1 Å². The number of hydrogen-bond donors (Lipinski definition) is 1. The van der Waals surface area contributed by atoms with Gasteiger partial charge in [0, 0.05) is 5.56 Å². The van der Waals surface area contributed by atoms with Gasteiger partial charge in [0.1, 0.15) is 5.52 Å². The van der Waals surface area contributed by atoms with Crippen LogP contribution >= 0.6 is 0 Å². The smallest absolute Gasteiger partial charge is 0.394 e. The van der Waals surface area contributed by atoms with E-state index in [1.807, 2.05) is 18.2 Å². The second-order valence-electron chi connectivity index (χ2n) is 3.87. The first-order chi connectivity index (χ1) is 7.23. The molecule has 1 aliphatic carbocycles. The average molecular weight is 205 g/mol. The first kappa shape index (κ1) is 8.73. The van der Waals surface area contributed by atoms with Gasteiger partial charge in [0.15, 0.2) is 5.58 Å². The normalized spacial score (nSPS) is 18.0. The highest BCUT2D eigenvalue weighted by Gasteiger charge is 2.44. The maximum Gasteiger partial charge on any atom is 0.394 e. The van der Waals surface area contributed by atoms with Gasteiger partial charge >= 0.3 is 6.08 Å². The van der Waals surface area contributed by atoms with Gasteiger partial charge in [-0.3, -0.25) is 0 Å². The van der Waals surface area contributed by atoms with E-state index in [2.05, 4.69) is 4.98 Å². The van der Waals surface area contributed by atoms with E-state index < -0.39 is 5.60 Å². The summed E-state index contributed by atoms with van der Waals surface area (Å²) in [7, 11) is 1.51. The third kappa shape index (κ3) is 1.22. The lowest BCUT2D eigenvalue weighted by Gasteiger charge is -2.06. The third-order valence-corrected chi connectivity index (χ3v) is 2.80. The summed E-state index contributed by atoms with van der Waals surface area (Å²) in [5.74, 6) is 0. The van der Waals surface area contributed by atoms with Crippen LogP contribution in [0.15, 0.2) is 22.6 Å². The molecule has 4 heteroatoms. The molecule has 0 aliphatic heterocycles. The summed E-state index contributed by atoms with van der Waals surface area (Å²) in [5.41, 5.74) is 1.51. The Hall–Kier alpha value is -1.55. The third-order valence-electron chi connectivity index (χ3n) is 2.80. The molecule has 1 saturated carbocycles. The molecule has 1 aliphatic rings. The highest BCUT2D eigenvalue weighted by molar-refractivity contribution is 5.78. The fourth-order valence-corrected chi connectivity index (χ4v) is 1.78. The maximum atomic E-state index is 10.1. The standard InChI is InChI=1S/C11H11NO3/c1-14-10-12-9-7(11(13)5-6-11)3-2-4-8(9)15-10/h2-4,13H,5-6H2,1H3. The Kier molecular flexibility index (Phi) is 1.59. The quantitative estimate of drug-likeness (QED) is 0.812. The molecule has 0 radical (unpaired) electrons. The van der Waals surface area contributed by atoms with Gasteiger partial charge in [-0.2, -0.15) is 4.98 Å². The van der Waals surface area contributed by atoms with E-state index in [1.54, 1.807) is 0 Å². The summed E-state index contributed by atoms with van der Waals surface area (Å²) in [6, 6.07) is 5.57. The lowest BCUT2D eigenvalue weighted by atomic mass is 10.1. The molecule has 3 rings (SSSR count). The first-order valence-electron chi connectivity index (χ1n) is 4.89.